The molecule has 0 radical (unpaired) electrons. The van der Waals surface area contributed by atoms with Gasteiger partial charge < -0.3 is 15.7 Å². The fourth-order valence-electron chi connectivity index (χ4n) is 1.74. The molecular formula is C10H22N2O. The summed E-state index contributed by atoms with van der Waals surface area (Å²) in [4.78, 5) is 2.43. The van der Waals surface area contributed by atoms with Crippen LogP contribution in [0.4, 0.5) is 0 Å². The summed E-state index contributed by atoms with van der Waals surface area (Å²) in [5.41, 5.74) is 5.34. The summed E-state index contributed by atoms with van der Waals surface area (Å²) in [6.45, 7) is 6.10. The summed E-state index contributed by atoms with van der Waals surface area (Å²) < 4.78 is 0. The smallest absolute Gasteiger partial charge is 0.0674 e. The van der Waals surface area contributed by atoms with E-state index < -0.39 is 0 Å². The quantitative estimate of drug-likeness (QED) is 0.669. The molecule has 1 unspecified atom stereocenters. The summed E-state index contributed by atoms with van der Waals surface area (Å²) in [5, 5.41) is 9.29. The van der Waals surface area contributed by atoms with E-state index in [0.717, 1.165) is 18.9 Å². The highest BCUT2D eigenvalue weighted by Crippen LogP contribution is 2.15. The lowest BCUT2D eigenvalue weighted by molar-refractivity contribution is 0.129. The summed E-state index contributed by atoms with van der Waals surface area (Å²) in [6, 6.07) is 0. The maximum Gasteiger partial charge on any atom is 0.0674 e. The molecule has 1 fully saturated rings. The predicted molar refractivity (Wildman–Crippen MR) is 54.5 cm³/mol. The van der Waals surface area contributed by atoms with Gasteiger partial charge in [0.2, 0.25) is 0 Å². The van der Waals surface area contributed by atoms with Gasteiger partial charge in [-0.15, -0.1) is 0 Å². The molecule has 0 aromatic carbocycles. The van der Waals surface area contributed by atoms with Crippen molar-refractivity contribution in [2.45, 2.75) is 32.3 Å². The average molecular weight is 186 g/mol. The lowest BCUT2D eigenvalue weighted by Crippen LogP contribution is -2.36. The second kappa shape index (κ2) is 5.58. The minimum atomic E-state index is -0.306. The third-order valence-electron chi connectivity index (χ3n) is 2.93. The fraction of sp³-hybridized carbons (Fsp3) is 1.00. The van der Waals surface area contributed by atoms with Crippen molar-refractivity contribution in [1.29, 1.82) is 0 Å². The summed E-state index contributed by atoms with van der Waals surface area (Å²) in [7, 11) is 0. The maximum atomic E-state index is 9.29. The number of piperidine rings is 1. The van der Waals surface area contributed by atoms with Crippen LogP contribution in [0.25, 0.3) is 0 Å². The Morgan fingerprint density at radius 1 is 1.46 bits per heavy atom. The highest BCUT2D eigenvalue weighted by molar-refractivity contribution is 4.70. The van der Waals surface area contributed by atoms with E-state index in [1.807, 2.05) is 0 Å². The van der Waals surface area contributed by atoms with Crippen molar-refractivity contribution >= 4 is 0 Å². The van der Waals surface area contributed by atoms with Gasteiger partial charge in [-0.3, -0.25) is 0 Å². The number of aliphatic hydroxyl groups excluding tert-OH is 1. The van der Waals surface area contributed by atoms with Gasteiger partial charge in [0.25, 0.3) is 0 Å². The Morgan fingerprint density at radius 3 is 2.62 bits per heavy atom. The molecule has 13 heavy (non-hydrogen) atoms. The van der Waals surface area contributed by atoms with Crippen LogP contribution in [0.2, 0.25) is 0 Å². The molecule has 1 aliphatic heterocycles. The molecule has 1 rings (SSSR count). The van der Waals surface area contributed by atoms with Gasteiger partial charge in [0, 0.05) is 13.1 Å². The first-order chi connectivity index (χ1) is 6.22. The van der Waals surface area contributed by atoms with E-state index in [1.165, 1.54) is 25.9 Å². The van der Waals surface area contributed by atoms with Crippen LogP contribution in [0.1, 0.15) is 26.2 Å². The van der Waals surface area contributed by atoms with Crippen molar-refractivity contribution in [2.24, 2.45) is 11.7 Å². The first-order valence-electron chi connectivity index (χ1n) is 5.33. The molecule has 1 saturated heterocycles. The molecule has 78 valence electrons. The molecule has 0 aromatic heterocycles. The Labute approximate surface area is 80.9 Å². The van der Waals surface area contributed by atoms with E-state index in [4.69, 9.17) is 5.73 Å². The summed E-state index contributed by atoms with van der Waals surface area (Å²) in [5.74, 6) is 0.885. The molecule has 3 heteroatoms. The van der Waals surface area contributed by atoms with Crippen molar-refractivity contribution in [3.63, 3.8) is 0 Å². The minimum absolute atomic E-state index is 0.306. The number of likely N-dealkylation sites (tertiary alicyclic amines) is 1. The van der Waals surface area contributed by atoms with Crippen molar-refractivity contribution in [3.05, 3.63) is 0 Å². The number of aliphatic hydroxyl groups is 1. The molecule has 0 aliphatic carbocycles. The van der Waals surface area contributed by atoms with Gasteiger partial charge >= 0.3 is 0 Å². The minimum Gasteiger partial charge on any atom is -0.392 e. The second-order valence-corrected chi connectivity index (χ2v) is 4.20. The Bertz CT molecular complexity index is 133. The molecule has 1 heterocycles. The van der Waals surface area contributed by atoms with Crippen LogP contribution in [-0.4, -0.2) is 42.3 Å². The lowest BCUT2D eigenvalue weighted by atomic mass is 9.99. The van der Waals surface area contributed by atoms with Gasteiger partial charge in [-0.1, -0.05) is 6.92 Å². The normalized spacial score (nSPS) is 23.3. The van der Waals surface area contributed by atoms with Crippen LogP contribution in [0.15, 0.2) is 0 Å². The molecule has 0 saturated carbocycles. The highest BCUT2D eigenvalue weighted by Gasteiger charge is 2.15. The molecule has 1 atom stereocenters. The summed E-state index contributed by atoms with van der Waals surface area (Å²) >= 11 is 0. The largest absolute Gasteiger partial charge is 0.392 e. The van der Waals surface area contributed by atoms with Gasteiger partial charge in [0.15, 0.2) is 0 Å². The van der Waals surface area contributed by atoms with Crippen molar-refractivity contribution in [1.82, 2.24) is 4.90 Å². The van der Waals surface area contributed by atoms with E-state index in [1.54, 1.807) is 0 Å². The molecule has 1 aliphatic rings. The molecule has 3 nitrogen and oxygen atoms in total. The zero-order valence-corrected chi connectivity index (χ0v) is 8.58. The van der Waals surface area contributed by atoms with E-state index in [-0.39, 0.29) is 6.10 Å². The van der Waals surface area contributed by atoms with Gasteiger partial charge in [0.1, 0.15) is 0 Å². The maximum absolute atomic E-state index is 9.29. The van der Waals surface area contributed by atoms with Gasteiger partial charge in [0.05, 0.1) is 6.10 Å². The van der Waals surface area contributed by atoms with Crippen molar-refractivity contribution in [2.75, 3.05) is 26.2 Å². The van der Waals surface area contributed by atoms with E-state index in [0.29, 0.717) is 6.54 Å². The predicted octanol–water partition coefficient (Wildman–Crippen LogP) is 0.428. The van der Waals surface area contributed by atoms with Gasteiger partial charge in [-0.25, -0.2) is 0 Å². The fourth-order valence-corrected chi connectivity index (χ4v) is 1.74. The third-order valence-corrected chi connectivity index (χ3v) is 2.93. The molecule has 3 N–H and O–H groups in total. The van der Waals surface area contributed by atoms with Crippen molar-refractivity contribution in [3.8, 4) is 0 Å². The average Bonchev–Trinajstić information content (AvgIpc) is 2.16. The zero-order chi connectivity index (χ0) is 9.68. The zero-order valence-electron chi connectivity index (χ0n) is 8.58. The molecule has 0 aromatic rings. The first-order valence-corrected chi connectivity index (χ1v) is 5.33. The Morgan fingerprint density at radius 2 is 2.08 bits per heavy atom. The molecule has 0 spiro atoms. The van der Waals surface area contributed by atoms with E-state index >= 15 is 0 Å². The first kappa shape index (κ1) is 11.0. The second-order valence-electron chi connectivity index (χ2n) is 4.20. The van der Waals surface area contributed by atoms with Crippen molar-refractivity contribution < 1.29 is 5.11 Å². The van der Waals surface area contributed by atoms with Crippen LogP contribution in [0.5, 0.6) is 0 Å². The molecule has 0 amide bonds. The monoisotopic (exact) mass is 186 g/mol. The van der Waals surface area contributed by atoms with Crippen LogP contribution < -0.4 is 5.73 Å². The standard InChI is InChI=1S/C10H22N2O/c1-9-2-5-12(6-3-9)7-4-10(13)8-11/h9-10,13H,2-8,11H2,1H3. The van der Waals surface area contributed by atoms with Crippen LogP contribution in [0, 0.1) is 5.92 Å². The topological polar surface area (TPSA) is 49.5 Å². The number of nitrogens with zero attached hydrogens (tertiary/aromatic N) is 1. The lowest BCUT2D eigenvalue weighted by Gasteiger charge is -2.30. The number of hydrogen-bond donors (Lipinski definition) is 2. The number of rotatable bonds is 4. The Hall–Kier alpha value is -0.120. The number of nitrogens with two attached hydrogens (primary N) is 1. The van der Waals surface area contributed by atoms with Crippen LogP contribution in [0.3, 0.4) is 0 Å². The van der Waals surface area contributed by atoms with Gasteiger partial charge in [-0.05, 0) is 38.3 Å². The Kier molecular flexibility index (Phi) is 4.70. The van der Waals surface area contributed by atoms with Crippen LogP contribution >= 0.6 is 0 Å². The highest BCUT2D eigenvalue weighted by atomic mass is 16.3. The Balaban J connectivity index is 2.08. The molecule has 0 bridgehead atoms. The van der Waals surface area contributed by atoms with Crippen LogP contribution in [-0.2, 0) is 0 Å². The summed E-state index contributed by atoms with van der Waals surface area (Å²) in [6.07, 6.45) is 3.13. The SMILES string of the molecule is CC1CCN(CCC(O)CN)CC1. The van der Waals surface area contributed by atoms with E-state index in [2.05, 4.69) is 11.8 Å². The number of hydrogen-bond acceptors (Lipinski definition) is 3. The van der Waals surface area contributed by atoms with Gasteiger partial charge in [-0.2, -0.15) is 0 Å². The molecular weight excluding hydrogens is 164 g/mol. The third kappa shape index (κ3) is 4.07. The van der Waals surface area contributed by atoms with E-state index in [9.17, 15) is 5.11 Å².